The van der Waals surface area contributed by atoms with Crippen molar-refractivity contribution in [3.8, 4) is 0 Å². The van der Waals surface area contributed by atoms with Crippen LogP contribution >= 0.6 is 11.6 Å². The fourth-order valence-electron chi connectivity index (χ4n) is 3.23. The smallest absolute Gasteiger partial charge is 0.360 e. The molecule has 146 valence electrons. The summed E-state index contributed by atoms with van der Waals surface area (Å²) in [6.07, 6.45) is 1.62. The highest BCUT2D eigenvalue weighted by atomic mass is 35.5. The first-order valence-electron chi connectivity index (χ1n) is 8.81. The van der Waals surface area contributed by atoms with E-state index in [9.17, 15) is 4.79 Å². The molecule has 2 aromatic rings. The van der Waals surface area contributed by atoms with Crippen LogP contribution < -0.4 is 0 Å². The van der Waals surface area contributed by atoms with E-state index in [2.05, 4.69) is 10.3 Å². The Morgan fingerprint density at radius 2 is 1.93 bits per heavy atom. The summed E-state index contributed by atoms with van der Waals surface area (Å²) in [5, 5.41) is 8.90. The average molecular weight is 401 g/mol. The zero-order valence-electron chi connectivity index (χ0n) is 16.0. The second-order valence-corrected chi connectivity index (χ2v) is 6.70. The van der Waals surface area contributed by atoms with Gasteiger partial charge in [0, 0.05) is 21.7 Å². The summed E-state index contributed by atoms with van der Waals surface area (Å²) in [6.45, 7) is 2.11. The van der Waals surface area contributed by atoms with Crippen LogP contribution in [0, 0.1) is 6.92 Å². The van der Waals surface area contributed by atoms with Crippen molar-refractivity contribution >= 4 is 29.0 Å². The van der Waals surface area contributed by atoms with Gasteiger partial charge in [-0.05, 0) is 37.0 Å². The molecular weight excluding hydrogens is 380 g/mol. The molecule has 6 nitrogen and oxygen atoms in total. The van der Waals surface area contributed by atoms with Gasteiger partial charge >= 0.3 is 5.97 Å². The molecule has 0 unspecified atom stereocenters. The molecule has 0 saturated carbocycles. The lowest BCUT2D eigenvalue weighted by atomic mass is 9.99. The van der Waals surface area contributed by atoms with E-state index in [1.54, 1.807) is 6.07 Å². The minimum Gasteiger partial charge on any atom is -0.464 e. The number of carbonyl (C=O) groups excluding carboxylic acids is 1. The van der Waals surface area contributed by atoms with Gasteiger partial charge in [0.15, 0.2) is 5.71 Å². The number of esters is 1. The topological polar surface area (TPSA) is 69.5 Å². The Labute approximate surface area is 168 Å². The number of hydrogen-bond acceptors (Lipinski definition) is 6. The number of methoxy groups -OCH3 is 1. The minimum atomic E-state index is -0.584. The number of oxime groups is 2. The zero-order chi connectivity index (χ0) is 20.1. The molecule has 0 spiro atoms. The maximum Gasteiger partial charge on any atom is 0.360 e. The van der Waals surface area contributed by atoms with E-state index in [1.165, 1.54) is 14.2 Å². The molecular formula is C21H21ClN2O4. The van der Waals surface area contributed by atoms with Gasteiger partial charge in [0.05, 0.1) is 12.8 Å². The number of hydrogen-bond donors (Lipinski definition) is 0. The molecule has 7 heteroatoms. The van der Waals surface area contributed by atoms with Gasteiger partial charge < -0.3 is 14.4 Å². The molecule has 1 aliphatic carbocycles. The van der Waals surface area contributed by atoms with Crippen LogP contribution in [0.5, 0.6) is 0 Å². The second kappa shape index (κ2) is 8.89. The van der Waals surface area contributed by atoms with Crippen molar-refractivity contribution in [2.24, 2.45) is 10.3 Å². The maximum absolute atomic E-state index is 12.1. The predicted molar refractivity (Wildman–Crippen MR) is 108 cm³/mol. The molecule has 0 bridgehead atoms. The van der Waals surface area contributed by atoms with Crippen molar-refractivity contribution < 1.29 is 19.2 Å². The monoisotopic (exact) mass is 400 g/mol. The van der Waals surface area contributed by atoms with E-state index in [-0.39, 0.29) is 12.3 Å². The van der Waals surface area contributed by atoms with Crippen molar-refractivity contribution in [3.63, 3.8) is 0 Å². The number of carbonyl (C=O) groups is 1. The number of rotatable bonds is 6. The average Bonchev–Trinajstić information content (AvgIpc) is 3.11. The number of fused-ring (bicyclic) bond motifs is 1. The molecule has 0 atom stereocenters. The van der Waals surface area contributed by atoms with Crippen LogP contribution in [0.2, 0.25) is 5.02 Å². The second-order valence-electron chi connectivity index (χ2n) is 6.29. The van der Waals surface area contributed by atoms with E-state index in [0.717, 1.165) is 45.8 Å². The highest BCUT2D eigenvalue weighted by Gasteiger charge is 2.22. The molecule has 2 aromatic carbocycles. The van der Waals surface area contributed by atoms with Crippen molar-refractivity contribution in [2.75, 3.05) is 14.2 Å². The van der Waals surface area contributed by atoms with Gasteiger partial charge in [-0.15, -0.1) is 0 Å². The van der Waals surface area contributed by atoms with Gasteiger partial charge in [0.2, 0.25) is 0 Å². The Hall–Kier alpha value is -2.86. The van der Waals surface area contributed by atoms with Gasteiger partial charge in [-0.3, -0.25) is 0 Å². The number of ether oxygens (including phenoxy) is 1. The van der Waals surface area contributed by atoms with Crippen molar-refractivity contribution in [3.05, 3.63) is 69.2 Å². The van der Waals surface area contributed by atoms with Crippen LogP contribution in [0.4, 0.5) is 0 Å². The number of halogens is 1. The highest BCUT2D eigenvalue weighted by Crippen LogP contribution is 2.29. The van der Waals surface area contributed by atoms with Crippen molar-refractivity contribution in [2.45, 2.75) is 26.4 Å². The van der Waals surface area contributed by atoms with Gasteiger partial charge in [0.1, 0.15) is 13.7 Å². The SMILES string of the molecule is CO/N=C(/C(=O)OC)c1cccc(C)c1CO/N=C1\CCc2c(Cl)cccc21. The standard InChI is InChI=1S/C21H21ClN2O4/c1-13-6-4-8-16(20(24-27-3)21(25)26-2)17(13)12-28-23-19-11-10-14-15(19)7-5-9-18(14)22/h4-9H,10-12H2,1-3H3/b23-19+,24-20+. The third-order valence-corrected chi connectivity index (χ3v) is 5.01. The Bertz CT molecular complexity index is 953. The molecule has 0 amide bonds. The molecule has 0 fully saturated rings. The van der Waals surface area contributed by atoms with E-state index in [0.29, 0.717) is 5.56 Å². The summed E-state index contributed by atoms with van der Waals surface area (Å²) in [5.74, 6) is -0.584. The third kappa shape index (κ3) is 4.02. The lowest BCUT2D eigenvalue weighted by molar-refractivity contribution is -0.132. The summed E-state index contributed by atoms with van der Waals surface area (Å²) in [5.41, 5.74) is 5.39. The first-order valence-corrected chi connectivity index (χ1v) is 9.19. The summed E-state index contributed by atoms with van der Waals surface area (Å²) in [7, 11) is 2.68. The van der Waals surface area contributed by atoms with Crippen LogP contribution in [0.25, 0.3) is 0 Å². The van der Waals surface area contributed by atoms with Crippen LogP contribution in [-0.4, -0.2) is 31.6 Å². The molecule has 28 heavy (non-hydrogen) atoms. The highest BCUT2D eigenvalue weighted by molar-refractivity contribution is 6.43. The molecule has 0 radical (unpaired) electrons. The lowest BCUT2D eigenvalue weighted by Gasteiger charge is -2.12. The third-order valence-electron chi connectivity index (χ3n) is 4.65. The van der Waals surface area contributed by atoms with Gasteiger partial charge in [0.25, 0.3) is 0 Å². The van der Waals surface area contributed by atoms with Gasteiger partial charge in [-0.2, -0.15) is 0 Å². The van der Waals surface area contributed by atoms with E-state index in [1.807, 2.05) is 37.3 Å². The largest absolute Gasteiger partial charge is 0.464 e. The summed E-state index contributed by atoms with van der Waals surface area (Å²) >= 11 is 6.25. The summed E-state index contributed by atoms with van der Waals surface area (Å²) < 4.78 is 4.82. The Morgan fingerprint density at radius 3 is 2.68 bits per heavy atom. The lowest BCUT2D eigenvalue weighted by Crippen LogP contribution is -2.20. The molecule has 0 N–H and O–H groups in total. The van der Waals surface area contributed by atoms with Crippen molar-refractivity contribution in [1.82, 2.24) is 0 Å². The fourth-order valence-corrected chi connectivity index (χ4v) is 3.50. The Balaban J connectivity index is 1.86. The quantitative estimate of drug-likeness (QED) is 0.417. The van der Waals surface area contributed by atoms with Crippen LogP contribution in [-0.2, 0) is 32.2 Å². The first kappa shape index (κ1) is 19.9. The normalized spacial score (nSPS) is 14.7. The number of nitrogens with zero attached hydrogens (tertiary/aromatic N) is 2. The van der Waals surface area contributed by atoms with E-state index >= 15 is 0 Å². The summed E-state index contributed by atoms with van der Waals surface area (Å²) in [6, 6.07) is 11.3. The first-order chi connectivity index (χ1) is 13.6. The molecule has 0 saturated heterocycles. The number of benzene rings is 2. The summed E-state index contributed by atoms with van der Waals surface area (Å²) in [4.78, 5) is 22.6. The van der Waals surface area contributed by atoms with Crippen molar-refractivity contribution in [1.29, 1.82) is 0 Å². The van der Waals surface area contributed by atoms with Gasteiger partial charge in [-0.1, -0.05) is 52.2 Å². The number of aryl methyl sites for hydroxylation is 1. The van der Waals surface area contributed by atoms with Crippen LogP contribution in [0.1, 0.15) is 34.2 Å². The molecule has 0 heterocycles. The maximum atomic E-state index is 12.1. The molecule has 3 rings (SSSR count). The minimum absolute atomic E-state index is 0.0814. The van der Waals surface area contributed by atoms with Crippen LogP contribution in [0.15, 0.2) is 46.7 Å². The zero-order valence-corrected chi connectivity index (χ0v) is 16.7. The van der Waals surface area contributed by atoms with Gasteiger partial charge in [-0.25, -0.2) is 4.79 Å². The fraction of sp³-hybridized carbons (Fsp3) is 0.286. The van der Waals surface area contributed by atoms with E-state index < -0.39 is 5.97 Å². The molecule has 1 aliphatic rings. The Kier molecular flexibility index (Phi) is 6.31. The van der Waals surface area contributed by atoms with E-state index in [4.69, 9.17) is 26.0 Å². The molecule has 0 aliphatic heterocycles. The predicted octanol–water partition coefficient (Wildman–Crippen LogP) is 4.04. The Morgan fingerprint density at radius 1 is 1.14 bits per heavy atom. The van der Waals surface area contributed by atoms with Crippen LogP contribution in [0.3, 0.4) is 0 Å². The molecule has 0 aromatic heterocycles.